The zero-order valence-corrected chi connectivity index (χ0v) is 25.9. The van der Waals surface area contributed by atoms with Crippen LogP contribution >= 0.6 is 0 Å². The van der Waals surface area contributed by atoms with Crippen LogP contribution in [-0.2, 0) is 19.1 Å². The molecule has 5 saturated carbocycles. The van der Waals surface area contributed by atoms with Gasteiger partial charge in [-0.1, -0.05) is 48.0 Å². The van der Waals surface area contributed by atoms with E-state index in [1.807, 2.05) is 0 Å². The van der Waals surface area contributed by atoms with Gasteiger partial charge in [0.2, 0.25) is 0 Å². The van der Waals surface area contributed by atoms with Gasteiger partial charge in [-0.15, -0.1) is 0 Å². The standard InChI is InChI=1S/C35H56O4/c1-7-23-13-16-35(22-39-28-10-8-9-19-38-28)18-17-33(5)25(29(23)35)11-12-27-32(4)20-24(21-36)30(37)31(2,3)26(32)14-15-34(27,33)6/h21,23-29H,7-20,22H2,1-6H3/t23-,24?,25-,26+,27-,28?,29-,32+,33-,34-,35-/m1/s1. The summed E-state index contributed by atoms with van der Waals surface area (Å²) >= 11 is 0. The monoisotopic (exact) mass is 540 g/mol. The maximum Gasteiger partial charge on any atom is 0.157 e. The molecule has 0 amide bonds. The van der Waals surface area contributed by atoms with E-state index >= 15 is 0 Å². The molecule has 11 atom stereocenters. The lowest BCUT2D eigenvalue weighted by Gasteiger charge is -2.72. The van der Waals surface area contributed by atoms with E-state index in [0.29, 0.717) is 22.7 Å². The van der Waals surface area contributed by atoms with Crippen LogP contribution < -0.4 is 0 Å². The molecule has 6 aliphatic rings. The van der Waals surface area contributed by atoms with E-state index in [1.165, 1.54) is 64.2 Å². The molecule has 0 aromatic carbocycles. The molecule has 39 heavy (non-hydrogen) atoms. The summed E-state index contributed by atoms with van der Waals surface area (Å²) in [7, 11) is 0. The topological polar surface area (TPSA) is 52.6 Å². The summed E-state index contributed by atoms with van der Waals surface area (Å²) in [6, 6.07) is 0. The first-order chi connectivity index (χ1) is 18.5. The molecule has 6 rings (SSSR count). The zero-order chi connectivity index (χ0) is 27.8. The van der Waals surface area contributed by atoms with Crippen molar-refractivity contribution in [3.8, 4) is 0 Å². The van der Waals surface area contributed by atoms with Gasteiger partial charge in [-0.2, -0.15) is 0 Å². The molecule has 0 spiro atoms. The number of aldehydes is 1. The SMILES string of the molecule is CC[C@@H]1CC[C@]2(COC3CCCCO3)CC[C@]3(C)[C@H](CC[C@@H]4[C@@]5(C)CC(C=O)C(=O)C(C)(C)[C@@H]5CC[C@]43C)[C@@H]12. The fourth-order valence-electron chi connectivity index (χ4n) is 12.9. The molecule has 5 aliphatic carbocycles. The molecule has 0 bridgehead atoms. The molecule has 1 saturated heterocycles. The fraction of sp³-hybridized carbons (Fsp3) is 0.943. The van der Waals surface area contributed by atoms with E-state index in [0.717, 1.165) is 56.5 Å². The molecular formula is C35H56O4. The minimum atomic E-state index is -0.424. The maximum absolute atomic E-state index is 13.4. The van der Waals surface area contributed by atoms with Gasteiger partial charge in [0.25, 0.3) is 0 Å². The van der Waals surface area contributed by atoms with Gasteiger partial charge < -0.3 is 14.3 Å². The third-order valence-corrected chi connectivity index (χ3v) is 14.9. The summed E-state index contributed by atoms with van der Waals surface area (Å²) in [6.07, 6.45) is 16.7. The Morgan fingerprint density at radius 2 is 1.69 bits per heavy atom. The summed E-state index contributed by atoms with van der Waals surface area (Å²) in [6.45, 7) is 16.3. The second-order valence-corrected chi connectivity index (χ2v) is 16.4. The number of hydrogen-bond acceptors (Lipinski definition) is 4. The van der Waals surface area contributed by atoms with E-state index in [2.05, 4.69) is 41.5 Å². The predicted molar refractivity (Wildman–Crippen MR) is 154 cm³/mol. The Hall–Kier alpha value is -0.740. The molecule has 2 unspecified atom stereocenters. The van der Waals surface area contributed by atoms with Crippen LogP contribution in [0.25, 0.3) is 0 Å². The third-order valence-electron chi connectivity index (χ3n) is 14.9. The van der Waals surface area contributed by atoms with Gasteiger partial charge in [0.1, 0.15) is 12.1 Å². The quantitative estimate of drug-likeness (QED) is 0.262. The van der Waals surface area contributed by atoms with Crippen LogP contribution in [-0.4, -0.2) is 31.6 Å². The molecular weight excluding hydrogens is 484 g/mol. The molecule has 0 radical (unpaired) electrons. The van der Waals surface area contributed by atoms with Crippen LogP contribution in [0, 0.1) is 62.6 Å². The highest BCUT2D eigenvalue weighted by Gasteiger charge is 2.71. The molecule has 6 fully saturated rings. The number of carbonyl (C=O) groups excluding carboxylic acids is 2. The van der Waals surface area contributed by atoms with Crippen LogP contribution in [0.4, 0.5) is 0 Å². The van der Waals surface area contributed by atoms with Crippen molar-refractivity contribution in [2.75, 3.05) is 13.2 Å². The van der Waals surface area contributed by atoms with Crippen molar-refractivity contribution >= 4 is 12.1 Å². The molecule has 4 heteroatoms. The Morgan fingerprint density at radius 1 is 0.897 bits per heavy atom. The highest BCUT2D eigenvalue weighted by Crippen LogP contribution is 2.77. The largest absolute Gasteiger partial charge is 0.353 e. The third kappa shape index (κ3) is 3.88. The molecule has 220 valence electrons. The molecule has 1 aliphatic heterocycles. The number of ketones is 1. The van der Waals surface area contributed by atoms with Gasteiger partial charge >= 0.3 is 0 Å². The number of rotatable bonds is 5. The Balaban J connectivity index is 1.32. The van der Waals surface area contributed by atoms with Gasteiger partial charge in [-0.25, -0.2) is 0 Å². The highest BCUT2D eigenvalue weighted by atomic mass is 16.7. The Morgan fingerprint density at radius 3 is 2.38 bits per heavy atom. The maximum atomic E-state index is 13.4. The van der Waals surface area contributed by atoms with Crippen molar-refractivity contribution in [2.24, 2.45) is 62.6 Å². The first-order valence-electron chi connectivity index (χ1n) is 16.7. The van der Waals surface area contributed by atoms with E-state index in [1.54, 1.807) is 0 Å². The normalized spacial score (nSPS) is 52.8. The zero-order valence-electron chi connectivity index (χ0n) is 25.9. The number of Topliss-reactive ketones (excluding diaryl/α,β-unsaturated/α-hetero) is 1. The average Bonchev–Trinajstić information content (AvgIpc) is 3.29. The van der Waals surface area contributed by atoms with Gasteiger partial charge in [0.05, 0.1) is 12.5 Å². The first kappa shape index (κ1) is 28.4. The smallest absolute Gasteiger partial charge is 0.157 e. The summed E-state index contributed by atoms with van der Waals surface area (Å²) in [5.74, 6) is 3.05. The molecule has 0 aromatic heterocycles. The molecule has 0 N–H and O–H groups in total. The minimum Gasteiger partial charge on any atom is -0.353 e. The van der Waals surface area contributed by atoms with Gasteiger partial charge in [0.15, 0.2) is 6.29 Å². The van der Waals surface area contributed by atoms with E-state index in [9.17, 15) is 9.59 Å². The van der Waals surface area contributed by atoms with Crippen molar-refractivity contribution < 1.29 is 19.1 Å². The fourth-order valence-corrected chi connectivity index (χ4v) is 12.9. The number of fused-ring (bicyclic) bond motifs is 7. The summed E-state index contributed by atoms with van der Waals surface area (Å²) in [5, 5.41) is 0. The van der Waals surface area contributed by atoms with E-state index in [4.69, 9.17) is 9.47 Å². The van der Waals surface area contributed by atoms with Crippen LogP contribution in [0.2, 0.25) is 0 Å². The Kier molecular flexibility index (Phi) is 7.02. The molecule has 0 aromatic rings. The van der Waals surface area contributed by atoms with Crippen molar-refractivity contribution in [1.29, 1.82) is 0 Å². The number of hydrogen-bond donors (Lipinski definition) is 0. The van der Waals surface area contributed by atoms with E-state index < -0.39 is 11.3 Å². The van der Waals surface area contributed by atoms with Crippen LogP contribution in [0.3, 0.4) is 0 Å². The summed E-state index contributed by atoms with van der Waals surface area (Å²) < 4.78 is 12.6. The van der Waals surface area contributed by atoms with Gasteiger partial charge in [-0.05, 0) is 128 Å². The molecule has 1 heterocycles. The van der Waals surface area contributed by atoms with Crippen molar-refractivity contribution in [3.05, 3.63) is 0 Å². The average molecular weight is 541 g/mol. The van der Waals surface area contributed by atoms with Crippen molar-refractivity contribution in [1.82, 2.24) is 0 Å². The van der Waals surface area contributed by atoms with E-state index in [-0.39, 0.29) is 22.9 Å². The van der Waals surface area contributed by atoms with Crippen LogP contribution in [0.5, 0.6) is 0 Å². The summed E-state index contributed by atoms with van der Waals surface area (Å²) in [4.78, 5) is 25.5. The van der Waals surface area contributed by atoms with Crippen molar-refractivity contribution in [2.45, 2.75) is 131 Å². The van der Waals surface area contributed by atoms with Crippen LogP contribution in [0.1, 0.15) is 125 Å². The summed E-state index contributed by atoms with van der Waals surface area (Å²) in [5.41, 5.74) is 0.527. The minimum absolute atomic E-state index is 0.00868. The van der Waals surface area contributed by atoms with Gasteiger partial charge in [0, 0.05) is 12.0 Å². The lowest BCUT2D eigenvalue weighted by molar-refractivity contribution is -0.248. The molecule has 4 nitrogen and oxygen atoms in total. The highest BCUT2D eigenvalue weighted by molar-refractivity contribution is 5.97. The predicted octanol–water partition coefficient (Wildman–Crippen LogP) is 8.02. The number of ether oxygens (including phenoxy) is 2. The lowest BCUT2D eigenvalue weighted by atomic mass is 9.32. The second kappa shape index (κ2) is 9.65. The van der Waals surface area contributed by atoms with Gasteiger partial charge in [-0.3, -0.25) is 4.79 Å². The number of carbonyl (C=O) groups is 2. The van der Waals surface area contributed by atoms with Crippen LogP contribution in [0.15, 0.2) is 0 Å². The second-order valence-electron chi connectivity index (χ2n) is 16.4. The Labute approximate surface area is 238 Å². The Bertz CT molecular complexity index is 968. The first-order valence-corrected chi connectivity index (χ1v) is 16.7. The van der Waals surface area contributed by atoms with Crippen molar-refractivity contribution in [3.63, 3.8) is 0 Å². The lowest BCUT2D eigenvalue weighted by Crippen LogP contribution is -2.67.